The van der Waals surface area contributed by atoms with Crippen LogP contribution in [0.15, 0.2) is 88.5 Å². The zero-order valence-electron chi connectivity index (χ0n) is 20.6. The van der Waals surface area contributed by atoms with E-state index in [9.17, 15) is 23.2 Å². The first-order chi connectivity index (χ1) is 18.4. The van der Waals surface area contributed by atoms with Crippen LogP contribution in [0, 0.1) is 11.6 Å². The van der Waals surface area contributed by atoms with E-state index in [1.165, 1.54) is 22.0 Å². The molecule has 5 aromatic rings. The van der Waals surface area contributed by atoms with Crippen molar-refractivity contribution in [2.75, 3.05) is 11.9 Å². The summed E-state index contributed by atoms with van der Waals surface area (Å²) in [5.41, 5.74) is 0.170. The number of fused-ring (bicyclic) bond motifs is 1. The van der Waals surface area contributed by atoms with Crippen molar-refractivity contribution in [3.8, 4) is 16.1 Å². The highest BCUT2D eigenvalue weighted by atomic mass is 35.5. The summed E-state index contributed by atoms with van der Waals surface area (Å²) in [4.78, 5) is 39.9. The number of para-hydroxylation sites is 1. The molecule has 0 aliphatic rings. The minimum absolute atomic E-state index is 0. The van der Waals surface area contributed by atoms with Gasteiger partial charge >= 0.3 is 11.7 Å². The van der Waals surface area contributed by atoms with Gasteiger partial charge in [0.2, 0.25) is 0 Å². The maximum atomic E-state index is 14.6. The molecule has 2 N–H and O–H groups in total. The zero-order chi connectivity index (χ0) is 26.8. The second-order valence-corrected chi connectivity index (χ2v) is 9.47. The van der Waals surface area contributed by atoms with E-state index in [0.717, 1.165) is 22.3 Å². The van der Waals surface area contributed by atoms with Crippen molar-refractivity contribution in [3.63, 3.8) is 0 Å². The lowest BCUT2D eigenvalue weighted by Gasteiger charge is -2.13. The van der Waals surface area contributed by atoms with Crippen molar-refractivity contribution in [1.29, 1.82) is 0 Å². The second kappa shape index (κ2) is 11.6. The Morgan fingerprint density at radius 2 is 1.59 bits per heavy atom. The molecule has 0 saturated heterocycles. The summed E-state index contributed by atoms with van der Waals surface area (Å²) in [5, 5.41) is 5.62. The summed E-state index contributed by atoms with van der Waals surface area (Å²) in [6, 6.07) is 20.2. The van der Waals surface area contributed by atoms with Gasteiger partial charge in [-0.15, -0.1) is 23.7 Å². The number of amides is 2. The van der Waals surface area contributed by atoms with Gasteiger partial charge in [-0.25, -0.2) is 22.9 Å². The molecule has 0 aliphatic heterocycles. The summed E-state index contributed by atoms with van der Waals surface area (Å²) >= 11 is 1.17. The van der Waals surface area contributed by atoms with Crippen LogP contribution in [0.4, 0.5) is 19.3 Å². The van der Waals surface area contributed by atoms with Crippen molar-refractivity contribution in [2.45, 2.75) is 13.5 Å². The SMILES string of the molecule is CCNC(=O)Nc1ccc(-c2cc3c(=O)n(-c4ccccc4)c(=O)n(Cc4c(F)cccc4F)c3s2)cc1.Cl. The van der Waals surface area contributed by atoms with Gasteiger partial charge in [-0.2, -0.15) is 0 Å². The van der Waals surface area contributed by atoms with Crippen LogP contribution in [0.3, 0.4) is 0 Å². The number of rotatable bonds is 6. The van der Waals surface area contributed by atoms with E-state index in [1.807, 2.05) is 6.92 Å². The molecule has 0 bridgehead atoms. The molecule has 0 aliphatic carbocycles. The van der Waals surface area contributed by atoms with Crippen LogP contribution in [-0.4, -0.2) is 21.7 Å². The van der Waals surface area contributed by atoms with Crippen molar-refractivity contribution < 1.29 is 13.6 Å². The average Bonchev–Trinajstić information content (AvgIpc) is 3.35. The molecule has 0 radical (unpaired) electrons. The molecule has 7 nitrogen and oxygen atoms in total. The number of nitrogens with one attached hydrogen (secondary N) is 2. The second-order valence-electron chi connectivity index (χ2n) is 8.44. The molecule has 0 unspecified atom stereocenters. The Balaban J connectivity index is 0.00000353. The molecule has 3 aromatic carbocycles. The van der Waals surface area contributed by atoms with Crippen LogP contribution in [0.25, 0.3) is 26.3 Å². The predicted octanol–water partition coefficient (Wildman–Crippen LogP) is 5.77. The van der Waals surface area contributed by atoms with Crippen molar-refractivity contribution in [1.82, 2.24) is 14.5 Å². The molecule has 2 amide bonds. The summed E-state index contributed by atoms with van der Waals surface area (Å²) in [6.07, 6.45) is 0. The predicted molar refractivity (Wildman–Crippen MR) is 153 cm³/mol. The molecular formula is C28H23ClF2N4O3S. The Morgan fingerprint density at radius 3 is 2.23 bits per heavy atom. The zero-order valence-corrected chi connectivity index (χ0v) is 22.2. The van der Waals surface area contributed by atoms with Crippen molar-refractivity contribution >= 4 is 45.7 Å². The van der Waals surface area contributed by atoms with E-state index < -0.39 is 29.4 Å². The van der Waals surface area contributed by atoms with Crippen LogP contribution in [-0.2, 0) is 6.54 Å². The number of urea groups is 1. The minimum Gasteiger partial charge on any atom is -0.338 e. The largest absolute Gasteiger partial charge is 0.338 e. The number of carbonyl (C=O) groups is 1. The smallest absolute Gasteiger partial charge is 0.337 e. The fraction of sp³-hybridized carbons (Fsp3) is 0.107. The molecule has 5 rings (SSSR count). The van der Waals surface area contributed by atoms with Crippen molar-refractivity contribution in [3.05, 3.63) is 117 Å². The molecule has 0 fully saturated rings. The monoisotopic (exact) mass is 568 g/mol. The van der Waals surface area contributed by atoms with E-state index in [0.29, 0.717) is 27.6 Å². The molecule has 2 heterocycles. The summed E-state index contributed by atoms with van der Waals surface area (Å²) in [7, 11) is 0. The van der Waals surface area contributed by atoms with Gasteiger partial charge in [0.15, 0.2) is 0 Å². The Morgan fingerprint density at radius 1 is 0.923 bits per heavy atom. The lowest BCUT2D eigenvalue weighted by molar-refractivity contribution is 0.252. The van der Waals surface area contributed by atoms with Gasteiger partial charge in [0, 0.05) is 22.7 Å². The van der Waals surface area contributed by atoms with Crippen LogP contribution in [0.2, 0.25) is 0 Å². The number of hydrogen-bond acceptors (Lipinski definition) is 4. The molecule has 0 spiro atoms. The normalized spacial score (nSPS) is 10.7. The minimum atomic E-state index is -0.783. The Hall–Kier alpha value is -4.28. The molecule has 11 heteroatoms. The van der Waals surface area contributed by atoms with Gasteiger partial charge in [-0.3, -0.25) is 9.36 Å². The van der Waals surface area contributed by atoms with Gasteiger partial charge in [-0.05, 0) is 55.0 Å². The molecule has 0 saturated carbocycles. The van der Waals surface area contributed by atoms with Gasteiger partial charge < -0.3 is 10.6 Å². The highest BCUT2D eigenvalue weighted by Crippen LogP contribution is 2.33. The van der Waals surface area contributed by atoms with E-state index in [4.69, 9.17) is 0 Å². The molecule has 0 atom stereocenters. The van der Waals surface area contributed by atoms with Gasteiger partial charge in [0.1, 0.15) is 16.5 Å². The third-order valence-corrected chi connectivity index (χ3v) is 7.18. The lowest BCUT2D eigenvalue weighted by atomic mass is 10.1. The third-order valence-electron chi connectivity index (χ3n) is 5.97. The number of hydrogen-bond donors (Lipinski definition) is 2. The van der Waals surface area contributed by atoms with Crippen LogP contribution in [0.5, 0.6) is 0 Å². The Bertz CT molecular complexity index is 1750. The summed E-state index contributed by atoms with van der Waals surface area (Å²) in [6.45, 7) is 1.91. The number of carbonyl (C=O) groups excluding carboxylic acids is 1. The standard InChI is InChI=1S/C28H22F2N4O3S.ClH/c1-2-31-27(36)32-18-13-11-17(12-14-18)24-15-20-25(35)34(19-7-4-3-5-8-19)28(37)33(26(20)38-24)16-21-22(29)9-6-10-23(21)30;/h3-15H,2,16H2,1H3,(H2,31,32,36);1H. The number of anilines is 1. The summed E-state index contributed by atoms with van der Waals surface area (Å²) in [5.74, 6) is -1.57. The van der Waals surface area contributed by atoms with E-state index in [-0.39, 0.29) is 29.4 Å². The quantitative estimate of drug-likeness (QED) is 0.273. The first kappa shape index (κ1) is 27.7. The lowest BCUT2D eigenvalue weighted by Crippen LogP contribution is -2.38. The van der Waals surface area contributed by atoms with Crippen molar-refractivity contribution in [2.24, 2.45) is 0 Å². The topological polar surface area (TPSA) is 85.1 Å². The average molecular weight is 569 g/mol. The number of aromatic nitrogens is 2. The van der Waals surface area contributed by atoms with Crippen LogP contribution < -0.4 is 21.9 Å². The first-order valence-corrected chi connectivity index (χ1v) is 12.6. The number of benzene rings is 3. The van der Waals surface area contributed by atoms with E-state index >= 15 is 0 Å². The van der Waals surface area contributed by atoms with Crippen LogP contribution in [0.1, 0.15) is 12.5 Å². The van der Waals surface area contributed by atoms with E-state index in [1.54, 1.807) is 60.7 Å². The van der Waals surface area contributed by atoms with Gasteiger partial charge in [0.05, 0.1) is 17.6 Å². The highest BCUT2D eigenvalue weighted by Gasteiger charge is 2.20. The number of halogens is 3. The maximum absolute atomic E-state index is 14.6. The fourth-order valence-corrected chi connectivity index (χ4v) is 5.28. The molecular weight excluding hydrogens is 546 g/mol. The van der Waals surface area contributed by atoms with Gasteiger partial charge in [0.25, 0.3) is 5.56 Å². The maximum Gasteiger partial charge on any atom is 0.337 e. The molecule has 2 aromatic heterocycles. The number of thiophene rings is 1. The molecule has 200 valence electrons. The first-order valence-electron chi connectivity index (χ1n) is 11.8. The third kappa shape index (κ3) is 5.47. The number of nitrogens with zero attached hydrogens (tertiary/aromatic N) is 2. The Kier molecular flexibility index (Phi) is 8.27. The summed E-state index contributed by atoms with van der Waals surface area (Å²) < 4.78 is 31.4. The fourth-order valence-electron chi connectivity index (χ4n) is 4.13. The highest BCUT2D eigenvalue weighted by molar-refractivity contribution is 7.21. The van der Waals surface area contributed by atoms with Crippen LogP contribution >= 0.6 is 23.7 Å². The Labute approximate surface area is 231 Å². The molecule has 39 heavy (non-hydrogen) atoms. The van der Waals surface area contributed by atoms with E-state index in [2.05, 4.69) is 10.6 Å². The van der Waals surface area contributed by atoms with Gasteiger partial charge in [-0.1, -0.05) is 36.4 Å².